The molecule has 0 aliphatic rings. The molecule has 0 aliphatic heterocycles. The van der Waals surface area contributed by atoms with E-state index in [2.05, 4.69) is 5.32 Å². The minimum absolute atomic E-state index is 0.279. The Labute approximate surface area is 139 Å². The van der Waals surface area contributed by atoms with Crippen molar-refractivity contribution in [1.82, 2.24) is 5.32 Å². The zero-order chi connectivity index (χ0) is 16.3. The first-order valence-corrected chi connectivity index (χ1v) is 7.58. The Bertz CT molecular complexity index is 676. The molecule has 0 aliphatic carbocycles. The zero-order valence-corrected chi connectivity index (χ0v) is 13.9. The number of halogens is 2. The molecule has 0 unspecified atom stereocenters. The van der Waals surface area contributed by atoms with Gasteiger partial charge in [0, 0.05) is 11.6 Å². The number of benzene rings is 2. The van der Waals surface area contributed by atoms with Crippen molar-refractivity contribution in [3.05, 3.63) is 69.2 Å². The lowest BCUT2D eigenvalue weighted by atomic mass is 9.97. The van der Waals surface area contributed by atoms with Gasteiger partial charge < -0.3 is 10.4 Å². The van der Waals surface area contributed by atoms with E-state index in [1.807, 2.05) is 24.3 Å². The van der Waals surface area contributed by atoms with Crippen LogP contribution in [0.2, 0.25) is 10.0 Å². The average molecular weight is 338 g/mol. The van der Waals surface area contributed by atoms with Crippen LogP contribution in [0.3, 0.4) is 0 Å². The zero-order valence-electron chi connectivity index (χ0n) is 12.4. The van der Waals surface area contributed by atoms with Crippen molar-refractivity contribution in [2.24, 2.45) is 0 Å². The summed E-state index contributed by atoms with van der Waals surface area (Å²) in [7, 11) is 0. The molecule has 0 aromatic heterocycles. The number of nitrogens with one attached hydrogen (secondary N) is 1. The fourth-order valence-corrected chi connectivity index (χ4v) is 2.36. The summed E-state index contributed by atoms with van der Waals surface area (Å²) in [6, 6.07) is 12.2. The number of amides is 1. The second-order valence-electron chi connectivity index (χ2n) is 5.56. The van der Waals surface area contributed by atoms with Crippen molar-refractivity contribution in [2.75, 3.05) is 0 Å². The lowest BCUT2D eigenvalue weighted by Gasteiger charge is -2.18. The molecule has 2 aromatic rings. The number of hydrogen-bond donors (Lipinski definition) is 2. The van der Waals surface area contributed by atoms with Gasteiger partial charge in [-0.3, -0.25) is 4.79 Å². The predicted molar refractivity (Wildman–Crippen MR) is 89.3 cm³/mol. The van der Waals surface area contributed by atoms with Crippen molar-refractivity contribution in [2.45, 2.75) is 26.0 Å². The van der Waals surface area contributed by atoms with E-state index in [-0.39, 0.29) is 5.91 Å². The molecule has 0 radical (unpaired) electrons. The summed E-state index contributed by atoms with van der Waals surface area (Å²) in [6.45, 7) is 3.82. The second-order valence-corrected chi connectivity index (χ2v) is 6.41. The van der Waals surface area contributed by atoms with Crippen molar-refractivity contribution in [1.29, 1.82) is 0 Å². The van der Waals surface area contributed by atoms with Crippen molar-refractivity contribution < 1.29 is 9.90 Å². The molecular formula is C17H17Cl2NO2. The number of carbonyl (C=O) groups is 1. The third kappa shape index (κ3) is 4.23. The summed E-state index contributed by atoms with van der Waals surface area (Å²) >= 11 is 11.9. The van der Waals surface area contributed by atoms with Gasteiger partial charge in [-0.15, -0.1) is 0 Å². The van der Waals surface area contributed by atoms with E-state index < -0.39 is 5.60 Å². The van der Waals surface area contributed by atoms with Gasteiger partial charge in [0.05, 0.1) is 16.2 Å². The van der Waals surface area contributed by atoms with Crippen LogP contribution in [0.4, 0.5) is 0 Å². The Hall–Kier alpha value is -1.55. The van der Waals surface area contributed by atoms with E-state index in [1.165, 1.54) is 6.07 Å². The fourth-order valence-electron chi connectivity index (χ4n) is 1.98. The van der Waals surface area contributed by atoms with Crippen LogP contribution < -0.4 is 5.32 Å². The molecule has 0 saturated carbocycles. The van der Waals surface area contributed by atoms with E-state index in [9.17, 15) is 9.90 Å². The SMILES string of the molecule is CC(C)(O)c1ccc(CNC(=O)c2cc(Cl)ccc2Cl)cc1. The highest BCUT2D eigenvalue weighted by Crippen LogP contribution is 2.21. The van der Waals surface area contributed by atoms with Gasteiger partial charge in [-0.1, -0.05) is 47.5 Å². The molecule has 0 atom stereocenters. The molecule has 2 N–H and O–H groups in total. The number of rotatable bonds is 4. The smallest absolute Gasteiger partial charge is 0.253 e. The highest BCUT2D eigenvalue weighted by Gasteiger charge is 2.15. The molecule has 5 heteroatoms. The van der Waals surface area contributed by atoms with E-state index in [4.69, 9.17) is 23.2 Å². The maximum atomic E-state index is 12.1. The first-order chi connectivity index (χ1) is 10.3. The van der Waals surface area contributed by atoms with Crippen molar-refractivity contribution in [3.63, 3.8) is 0 Å². The van der Waals surface area contributed by atoms with Crippen LogP contribution in [-0.2, 0) is 12.1 Å². The minimum Gasteiger partial charge on any atom is -0.386 e. The normalized spacial score (nSPS) is 11.3. The Morgan fingerprint density at radius 3 is 2.36 bits per heavy atom. The molecule has 0 heterocycles. The summed E-state index contributed by atoms with van der Waals surface area (Å²) in [5.74, 6) is -0.279. The molecule has 0 spiro atoms. The Morgan fingerprint density at radius 2 is 1.77 bits per heavy atom. The largest absolute Gasteiger partial charge is 0.386 e. The average Bonchev–Trinajstić information content (AvgIpc) is 2.47. The van der Waals surface area contributed by atoms with Gasteiger partial charge in [0.25, 0.3) is 5.91 Å². The highest BCUT2D eigenvalue weighted by molar-refractivity contribution is 6.35. The van der Waals surface area contributed by atoms with E-state index in [0.717, 1.165) is 11.1 Å². The second kappa shape index (κ2) is 6.69. The first-order valence-electron chi connectivity index (χ1n) is 6.82. The number of aliphatic hydroxyl groups is 1. The van der Waals surface area contributed by atoms with Gasteiger partial charge in [-0.25, -0.2) is 0 Å². The maximum absolute atomic E-state index is 12.1. The minimum atomic E-state index is -0.879. The molecule has 0 bridgehead atoms. The Kier molecular flexibility index (Phi) is 5.12. The van der Waals surface area contributed by atoms with Gasteiger partial charge in [-0.05, 0) is 43.2 Å². The molecule has 22 heavy (non-hydrogen) atoms. The van der Waals surface area contributed by atoms with E-state index in [0.29, 0.717) is 22.2 Å². The van der Waals surface area contributed by atoms with Crippen molar-refractivity contribution >= 4 is 29.1 Å². The molecule has 2 aromatic carbocycles. The van der Waals surface area contributed by atoms with Gasteiger partial charge in [-0.2, -0.15) is 0 Å². The van der Waals surface area contributed by atoms with E-state index >= 15 is 0 Å². The lowest BCUT2D eigenvalue weighted by Crippen LogP contribution is -2.23. The van der Waals surface area contributed by atoms with Crippen LogP contribution in [0, 0.1) is 0 Å². The third-order valence-corrected chi connectivity index (χ3v) is 3.85. The van der Waals surface area contributed by atoms with Crippen molar-refractivity contribution in [3.8, 4) is 0 Å². The van der Waals surface area contributed by atoms with Gasteiger partial charge in [0.15, 0.2) is 0 Å². The Balaban J connectivity index is 2.04. The first kappa shape index (κ1) is 16.8. The van der Waals surface area contributed by atoms with Crippen LogP contribution >= 0.6 is 23.2 Å². The molecule has 116 valence electrons. The van der Waals surface area contributed by atoms with Gasteiger partial charge in [0.2, 0.25) is 0 Å². The van der Waals surface area contributed by atoms with Gasteiger partial charge >= 0.3 is 0 Å². The summed E-state index contributed by atoms with van der Waals surface area (Å²) in [5.41, 5.74) is 1.22. The standard InChI is InChI=1S/C17H17Cl2NO2/c1-17(2,22)12-5-3-11(4-6-12)10-20-16(21)14-9-13(18)7-8-15(14)19/h3-9,22H,10H2,1-2H3,(H,20,21). The number of hydrogen-bond acceptors (Lipinski definition) is 2. The summed E-state index contributed by atoms with van der Waals surface area (Å²) < 4.78 is 0. The quantitative estimate of drug-likeness (QED) is 0.880. The molecule has 3 nitrogen and oxygen atoms in total. The lowest BCUT2D eigenvalue weighted by molar-refractivity contribution is 0.0785. The molecule has 2 rings (SSSR count). The van der Waals surface area contributed by atoms with Gasteiger partial charge in [0.1, 0.15) is 0 Å². The van der Waals surface area contributed by atoms with Crippen LogP contribution in [0.5, 0.6) is 0 Å². The fraction of sp³-hybridized carbons (Fsp3) is 0.235. The molecular weight excluding hydrogens is 321 g/mol. The summed E-state index contributed by atoms with van der Waals surface area (Å²) in [5, 5.41) is 13.5. The van der Waals surface area contributed by atoms with Crippen LogP contribution in [0.25, 0.3) is 0 Å². The molecule has 0 saturated heterocycles. The summed E-state index contributed by atoms with van der Waals surface area (Å²) in [4.78, 5) is 12.1. The topological polar surface area (TPSA) is 49.3 Å². The maximum Gasteiger partial charge on any atom is 0.253 e. The Morgan fingerprint density at radius 1 is 1.14 bits per heavy atom. The van der Waals surface area contributed by atoms with E-state index in [1.54, 1.807) is 26.0 Å². The third-order valence-electron chi connectivity index (χ3n) is 3.29. The predicted octanol–water partition coefficient (Wildman–Crippen LogP) is 4.15. The number of carbonyl (C=O) groups excluding carboxylic acids is 1. The van der Waals surface area contributed by atoms with Crippen LogP contribution in [0.1, 0.15) is 35.3 Å². The monoisotopic (exact) mass is 337 g/mol. The summed E-state index contributed by atoms with van der Waals surface area (Å²) in [6.07, 6.45) is 0. The van der Waals surface area contributed by atoms with Crippen LogP contribution in [0.15, 0.2) is 42.5 Å². The van der Waals surface area contributed by atoms with Crippen LogP contribution in [-0.4, -0.2) is 11.0 Å². The molecule has 1 amide bonds. The highest BCUT2D eigenvalue weighted by atomic mass is 35.5. The molecule has 0 fully saturated rings.